The van der Waals surface area contributed by atoms with E-state index in [0.29, 0.717) is 0 Å². The molecule has 0 aromatic carbocycles. The summed E-state index contributed by atoms with van der Waals surface area (Å²) in [5.74, 6) is 0. The molecule has 1 rings (SSSR count). The number of aromatic nitrogens is 2. The summed E-state index contributed by atoms with van der Waals surface area (Å²) >= 11 is 1.41. The van der Waals surface area contributed by atoms with Gasteiger partial charge in [0, 0.05) is 0 Å². The van der Waals surface area contributed by atoms with Crippen LogP contribution in [0.15, 0.2) is 5.51 Å². The second kappa shape index (κ2) is 1.99. The zero-order chi connectivity index (χ0) is 5.11. The average molecular weight is 114 g/mol. The lowest BCUT2D eigenvalue weighted by Gasteiger charge is -1.74. The van der Waals surface area contributed by atoms with Crippen LogP contribution in [0.5, 0.6) is 0 Å². The first-order chi connectivity index (χ1) is 3.43. The van der Waals surface area contributed by atoms with Gasteiger partial charge in [-0.2, -0.15) is 0 Å². The minimum atomic E-state index is 0.255. The lowest BCUT2D eigenvalue weighted by Crippen LogP contribution is -1.80. The van der Waals surface area contributed by atoms with E-state index in [1.165, 1.54) is 11.3 Å². The van der Waals surface area contributed by atoms with Crippen molar-refractivity contribution in [2.24, 2.45) is 0 Å². The van der Waals surface area contributed by atoms with Crippen molar-refractivity contribution in [1.29, 1.82) is 0 Å². The van der Waals surface area contributed by atoms with Crippen molar-refractivity contribution in [3.8, 4) is 0 Å². The quantitative estimate of drug-likeness (QED) is 0.528. The minimum absolute atomic E-state index is 0.255. The lowest BCUT2D eigenvalue weighted by atomic mass is 10.7. The largest absolute Gasteiger partial charge is 0.251 e. The molecule has 0 aliphatic rings. The molecule has 0 spiro atoms. The summed E-state index contributed by atoms with van der Waals surface area (Å²) in [6.45, 7) is 0.255. The maximum atomic E-state index is 6.77. The molecular formula is C3H4N3S. The molecule has 0 bridgehead atoms. The van der Waals surface area contributed by atoms with E-state index in [1.54, 1.807) is 5.51 Å². The summed E-state index contributed by atoms with van der Waals surface area (Å²) < 4.78 is 0. The highest BCUT2D eigenvalue weighted by molar-refractivity contribution is 7.09. The normalized spacial score (nSPS) is 9.29. The number of rotatable bonds is 1. The van der Waals surface area contributed by atoms with Gasteiger partial charge >= 0.3 is 0 Å². The van der Waals surface area contributed by atoms with Gasteiger partial charge in [0.05, 0.1) is 6.54 Å². The van der Waals surface area contributed by atoms with Crippen LogP contribution in [0, 0.1) is 0 Å². The highest BCUT2D eigenvalue weighted by Gasteiger charge is 1.87. The van der Waals surface area contributed by atoms with Gasteiger partial charge in [0.25, 0.3) is 0 Å². The highest BCUT2D eigenvalue weighted by Crippen LogP contribution is 1.97. The van der Waals surface area contributed by atoms with Gasteiger partial charge in [0.2, 0.25) is 0 Å². The van der Waals surface area contributed by atoms with Crippen LogP contribution in [0.25, 0.3) is 0 Å². The lowest BCUT2D eigenvalue weighted by molar-refractivity contribution is 0.938. The summed E-state index contributed by atoms with van der Waals surface area (Å²) in [5.41, 5.74) is 8.40. The monoisotopic (exact) mass is 114 g/mol. The molecule has 7 heavy (non-hydrogen) atoms. The fraction of sp³-hybridized carbons (Fsp3) is 0.333. The molecule has 1 heterocycles. The first-order valence-electron chi connectivity index (χ1n) is 1.83. The van der Waals surface area contributed by atoms with E-state index in [-0.39, 0.29) is 6.54 Å². The van der Waals surface area contributed by atoms with Crippen molar-refractivity contribution in [3.63, 3.8) is 0 Å². The van der Waals surface area contributed by atoms with E-state index in [9.17, 15) is 0 Å². The van der Waals surface area contributed by atoms with Gasteiger partial charge in [-0.25, -0.2) is 0 Å². The van der Waals surface area contributed by atoms with Gasteiger partial charge in [-0.3, -0.25) is 5.73 Å². The number of nitrogens with zero attached hydrogens (tertiary/aromatic N) is 2. The van der Waals surface area contributed by atoms with Crippen molar-refractivity contribution in [2.45, 2.75) is 6.54 Å². The Morgan fingerprint density at radius 1 is 1.86 bits per heavy atom. The molecule has 1 aromatic heterocycles. The maximum absolute atomic E-state index is 6.77. The van der Waals surface area contributed by atoms with Crippen LogP contribution in [-0.4, -0.2) is 10.2 Å². The Kier molecular flexibility index (Phi) is 1.33. The third-order valence-corrected chi connectivity index (χ3v) is 1.25. The van der Waals surface area contributed by atoms with Crippen molar-refractivity contribution in [3.05, 3.63) is 10.5 Å². The third-order valence-electron chi connectivity index (χ3n) is 0.556. The molecule has 0 saturated carbocycles. The zero-order valence-corrected chi connectivity index (χ0v) is 4.40. The second-order valence-corrected chi connectivity index (χ2v) is 1.93. The fourth-order valence-corrected chi connectivity index (χ4v) is 0.667. The zero-order valence-electron chi connectivity index (χ0n) is 3.59. The molecule has 37 valence electrons. The van der Waals surface area contributed by atoms with Crippen LogP contribution in [-0.2, 0) is 6.54 Å². The average Bonchev–Trinajstić information content (AvgIpc) is 2.14. The molecule has 0 aliphatic carbocycles. The van der Waals surface area contributed by atoms with Crippen LogP contribution in [0.1, 0.15) is 5.01 Å². The summed E-state index contributed by atoms with van der Waals surface area (Å²) in [6.07, 6.45) is 0. The SMILES string of the molecule is [NH]Cc1nncs1. The van der Waals surface area contributed by atoms with Gasteiger partial charge in [-0.15, -0.1) is 21.5 Å². The third kappa shape index (κ3) is 0.942. The van der Waals surface area contributed by atoms with E-state index in [4.69, 9.17) is 5.73 Å². The van der Waals surface area contributed by atoms with Crippen LogP contribution in [0.2, 0.25) is 0 Å². The van der Waals surface area contributed by atoms with E-state index < -0.39 is 0 Å². The molecule has 1 N–H and O–H groups in total. The van der Waals surface area contributed by atoms with E-state index in [2.05, 4.69) is 10.2 Å². The van der Waals surface area contributed by atoms with Crippen molar-refractivity contribution >= 4 is 11.3 Å². The smallest absolute Gasteiger partial charge is 0.132 e. The number of nitrogens with one attached hydrogen (secondary N) is 1. The Balaban J connectivity index is 2.76. The van der Waals surface area contributed by atoms with Crippen molar-refractivity contribution in [2.75, 3.05) is 0 Å². The van der Waals surface area contributed by atoms with Crippen molar-refractivity contribution in [1.82, 2.24) is 15.9 Å². The first kappa shape index (κ1) is 4.67. The standard InChI is InChI=1S/C3H4N3S/c4-1-3-6-5-2-7-3/h2,4H,1H2. The molecule has 0 amide bonds. The Labute approximate surface area is 45.2 Å². The minimum Gasteiger partial charge on any atom is -0.251 e. The van der Waals surface area contributed by atoms with Crippen LogP contribution in [0.3, 0.4) is 0 Å². The summed E-state index contributed by atoms with van der Waals surface area (Å²) in [6, 6.07) is 0. The molecular weight excluding hydrogens is 110 g/mol. The van der Waals surface area contributed by atoms with E-state index in [1.807, 2.05) is 0 Å². The van der Waals surface area contributed by atoms with Crippen LogP contribution >= 0.6 is 11.3 Å². The molecule has 0 atom stereocenters. The molecule has 4 heteroatoms. The van der Waals surface area contributed by atoms with Crippen molar-refractivity contribution < 1.29 is 0 Å². The van der Waals surface area contributed by atoms with Crippen LogP contribution in [0.4, 0.5) is 0 Å². The van der Waals surface area contributed by atoms with Gasteiger partial charge in [0.15, 0.2) is 0 Å². The summed E-state index contributed by atoms with van der Waals surface area (Å²) in [5, 5.41) is 7.94. The predicted octanol–water partition coefficient (Wildman–Crippen LogP) is 0.321. The topological polar surface area (TPSA) is 49.6 Å². The molecule has 1 radical (unpaired) electrons. The fourth-order valence-electron chi connectivity index (χ4n) is 0.273. The number of hydrogen-bond donors (Lipinski definition) is 0. The second-order valence-electron chi connectivity index (χ2n) is 1.01. The highest BCUT2D eigenvalue weighted by atomic mass is 32.1. The van der Waals surface area contributed by atoms with E-state index >= 15 is 0 Å². The molecule has 0 unspecified atom stereocenters. The molecule has 0 aliphatic heterocycles. The first-order valence-corrected chi connectivity index (χ1v) is 2.71. The van der Waals surface area contributed by atoms with Gasteiger partial charge < -0.3 is 0 Å². The summed E-state index contributed by atoms with van der Waals surface area (Å²) in [7, 11) is 0. The Hall–Kier alpha value is -0.480. The van der Waals surface area contributed by atoms with Gasteiger partial charge in [-0.1, -0.05) is 0 Å². The van der Waals surface area contributed by atoms with Crippen LogP contribution < -0.4 is 5.73 Å². The summed E-state index contributed by atoms with van der Waals surface area (Å²) in [4.78, 5) is 0. The number of hydrogen-bond acceptors (Lipinski definition) is 3. The molecule has 0 saturated heterocycles. The van der Waals surface area contributed by atoms with Gasteiger partial charge in [0.1, 0.15) is 10.5 Å². The van der Waals surface area contributed by atoms with E-state index in [0.717, 1.165) is 5.01 Å². The van der Waals surface area contributed by atoms with Gasteiger partial charge in [-0.05, 0) is 0 Å². The molecule has 3 nitrogen and oxygen atoms in total. The Morgan fingerprint density at radius 3 is 3.00 bits per heavy atom. The molecule has 1 aromatic rings. The molecule has 0 fully saturated rings. The maximum Gasteiger partial charge on any atom is 0.132 e. The predicted molar refractivity (Wildman–Crippen MR) is 26.7 cm³/mol. The Morgan fingerprint density at radius 2 is 2.71 bits per heavy atom. The Bertz CT molecular complexity index is 125.